The van der Waals surface area contributed by atoms with E-state index in [2.05, 4.69) is 40.9 Å². The first-order chi connectivity index (χ1) is 31.9. The fourth-order valence-corrected chi connectivity index (χ4v) is 9.98. The maximum absolute atomic E-state index is 14.3. The van der Waals surface area contributed by atoms with E-state index in [-0.39, 0.29) is 53.2 Å². The van der Waals surface area contributed by atoms with Gasteiger partial charge in [-0.3, -0.25) is 43.7 Å². The molecule has 3 N–H and O–H groups in total. The lowest BCUT2D eigenvalue weighted by Crippen LogP contribution is -2.54. The van der Waals surface area contributed by atoms with Gasteiger partial charge in [0.1, 0.15) is 17.4 Å². The van der Waals surface area contributed by atoms with Crippen molar-refractivity contribution in [3.8, 4) is 0 Å². The molecule has 9 rings (SSSR count). The van der Waals surface area contributed by atoms with E-state index in [0.29, 0.717) is 68.8 Å². The Kier molecular flexibility index (Phi) is 13.1. The molecular formula is C45H54F2N12O7. The topological polar surface area (TPSA) is 209 Å². The minimum atomic E-state index is -2.88. The van der Waals surface area contributed by atoms with Crippen LogP contribution in [-0.2, 0) is 19.1 Å². The summed E-state index contributed by atoms with van der Waals surface area (Å²) in [6.45, 7) is 5.52. The number of imide groups is 2. The Morgan fingerprint density at radius 2 is 1.73 bits per heavy atom. The molecule has 66 heavy (non-hydrogen) atoms. The number of likely N-dealkylation sites (tertiary alicyclic amines) is 1. The number of alkyl halides is 2. The van der Waals surface area contributed by atoms with Crippen molar-refractivity contribution < 1.29 is 42.3 Å². The largest absolute Gasteiger partial charge is 0.384 e. The average Bonchev–Trinajstić information content (AvgIpc) is 4.02. The third-order valence-electron chi connectivity index (χ3n) is 13.7. The van der Waals surface area contributed by atoms with Crippen LogP contribution in [0.5, 0.6) is 0 Å². The highest BCUT2D eigenvalue weighted by Gasteiger charge is 2.45. The molecule has 5 aliphatic rings. The first-order valence-electron chi connectivity index (χ1n) is 22.9. The van der Waals surface area contributed by atoms with Crippen LogP contribution in [0.15, 0.2) is 42.9 Å². The number of rotatable bonds is 14. The predicted molar refractivity (Wildman–Crippen MR) is 235 cm³/mol. The van der Waals surface area contributed by atoms with Gasteiger partial charge in [0.2, 0.25) is 17.7 Å². The molecule has 0 radical (unpaired) electrons. The number of fused-ring (bicyclic) bond motifs is 2. The summed E-state index contributed by atoms with van der Waals surface area (Å²) in [5, 5.41) is 16.6. The molecule has 4 fully saturated rings. The fraction of sp³-hybridized carbons (Fsp3) is 0.533. The van der Waals surface area contributed by atoms with Crippen LogP contribution < -0.4 is 20.9 Å². The van der Waals surface area contributed by atoms with E-state index >= 15 is 0 Å². The number of morpholine rings is 1. The quantitative estimate of drug-likeness (QED) is 0.121. The maximum Gasteiger partial charge on any atom is 0.284 e. The Labute approximate surface area is 379 Å². The second-order valence-corrected chi connectivity index (χ2v) is 17.8. The van der Waals surface area contributed by atoms with E-state index < -0.39 is 47.7 Å². The smallest absolute Gasteiger partial charge is 0.284 e. The van der Waals surface area contributed by atoms with E-state index in [4.69, 9.17) is 4.74 Å². The number of hydrogen-bond donors (Lipinski definition) is 3. The monoisotopic (exact) mass is 912 g/mol. The molecule has 4 aliphatic heterocycles. The van der Waals surface area contributed by atoms with Crippen molar-refractivity contribution >= 4 is 58.3 Å². The van der Waals surface area contributed by atoms with Gasteiger partial charge in [0.15, 0.2) is 11.3 Å². The van der Waals surface area contributed by atoms with Gasteiger partial charge < -0.3 is 30.1 Å². The van der Waals surface area contributed by atoms with Crippen LogP contribution in [0.2, 0.25) is 0 Å². The number of piperidine rings is 2. The van der Waals surface area contributed by atoms with Gasteiger partial charge in [-0.25, -0.2) is 18.3 Å². The van der Waals surface area contributed by atoms with Gasteiger partial charge in [0, 0.05) is 83.3 Å². The molecule has 6 amide bonds. The highest BCUT2D eigenvalue weighted by atomic mass is 19.3. The first kappa shape index (κ1) is 44.8. The minimum absolute atomic E-state index is 0.0307. The summed E-state index contributed by atoms with van der Waals surface area (Å²) >= 11 is 0. The molecule has 1 aromatic carbocycles. The maximum atomic E-state index is 14.3. The molecular weight excluding hydrogens is 859 g/mol. The summed E-state index contributed by atoms with van der Waals surface area (Å²) < 4.78 is 37.1. The molecule has 350 valence electrons. The third-order valence-corrected chi connectivity index (χ3v) is 13.7. The van der Waals surface area contributed by atoms with Crippen LogP contribution in [0.1, 0.15) is 113 Å². The molecule has 0 bridgehead atoms. The summed E-state index contributed by atoms with van der Waals surface area (Å²) in [6.07, 6.45) is 7.74. The van der Waals surface area contributed by atoms with Crippen LogP contribution in [0, 0.1) is 5.92 Å². The average molecular weight is 913 g/mol. The van der Waals surface area contributed by atoms with Crippen molar-refractivity contribution in [2.24, 2.45) is 5.92 Å². The van der Waals surface area contributed by atoms with Crippen LogP contribution >= 0.6 is 0 Å². The Hall–Kier alpha value is -6.35. The number of anilines is 3. The molecule has 1 atom stereocenters. The normalized spacial score (nSPS) is 22.0. The molecule has 1 aliphatic carbocycles. The van der Waals surface area contributed by atoms with Crippen molar-refractivity contribution in [3.63, 3.8) is 0 Å². The Morgan fingerprint density at radius 3 is 2.47 bits per heavy atom. The van der Waals surface area contributed by atoms with Gasteiger partial charge in [-0.05, 0) is 75.5 Å². The van der Waals surface area contributed by atoms with Gasteiger partial charge in [-0.15, -0.1) is 0 Å². The van der Waals surface area contributed by atoms with Gasteiger partial charge in [-0.2, -0.15) is 10.2 Å². The van der Waals surface area contributed by atoms with Crippen molar-refractivity contribution in [1.29, 1.82) is 0 Å². The summed E-state index contributed by atoms with van der Waals surface area (Å²) in [7, 11) is 1.85. The Morgan fingerprint density at radius 1 is 0.955 bits per heavy atom. The zero-order chi connectivity index (χ0) is 46.1. The predicted octanol–water partition coefficient (Wildman–Crippen LogP) is 3.90. The second-order valence-electron chi connectivity index (χ2n) is 17.8. The number of benzene rings is 1. The molecule has 3 aromatic heterocycles. The van der Waals surface area contributed by atoms with Crippen molar-refractivity contribution in [3.05, 3.63) is 65.2 Å². The number of amides is 6. The number of hydrogen-bond acceptors (Lipinski definition) is 13. The van der Waals surface area contributed by atoms with Crippen LogP contribution in [-0.4, -0.2) is 146 Å². The fourth-order valence-electron chi connectivity index (χ4n) is 9.98. The highest BCUT2D eigenvalue weighted by Crippen LogP contribution is 2.36. The molecule has 1 unspecified atom stereocenters. The lowest BCUT2D eigenvalue weighted by Gasteiger charge is -2.39. The van der Waals surface area contributed by atoms with Gasteiger partial charge in [0.25, 0.3) is 24.1 Å². The van der Waals surface area contributed by atoms with Gasteiger partial charge >= 0.3 is 0 Å². The number of nitrogens with zero attached hydrogens (tertiary/aromatic N) is 9. The van der Waals surface area contributed by atoms with E-state index in [9.17, 15) is 37.5 Å². The van der Waals surface area contributed by atoms with E-state index in [0.717, 1.165) is 63.1 Å². The number of halogens is 2. The first-order valence-corrected chi connectivity index (χ1v) is 22.9. The van der Waals surface area contributed by atoms with Gasteiger partial charge in [0.05, 0.1) is 42.3 Å². The lowest BCUT2D eigenvalue weighted by atomic mass is 9.85. The highest BCUT2D eigenvalue weighted by molar-refractivity contribution is 6.25. The zero-order valence-electron chi connectivity index (χ0n) is 36.8. The lowest BCUT2D eigenvalue weighted by molar-refractivity contribution is -0.136. The van der Waals surface area contributed by atoms with Crippen molar-refractivity contribution in [2.75, 3.05) is 75.1 Å². The number of carbonyl (C=O) groups is 6. The molecule has 3 saturated heterocycles. The van der Waals surface area contributed by atoms with E-state index in [1.54, 1.807) is 29.1 Å². The number of carbonyl (C=O) groups excluding carboxylic acids is 6. The van der Waals surface area contributed by atoms with E-state index in [1.807, 2.05) is 18.0 Å². The van der Waals surface area contributed by atoms with Crippen LogP contribution in [0.4, 0.5) is 26.0 Å². The van der Waals surface area contributed by atoms with E-state index in [1.165, 1.54) is 16.9 Å². The van der Waals surface area contributed by atoms with Crippen molar-refractivity contribution in [1.82, 2.24) is 44.4 Å². The zero-order valence-corrected chi connectivity index (χ0v) is 36.8. The summed E-state index contributed by atoms with van der Waals surface area (Å²) in [5.41, 5.74) is 0.826. The summed E-state index contributed by atoms with van der Waals surface area (Å²) in [4.78, 5) is 89.4. The number of nitrogens with one attached hydrogen (secondary N) is 3. The number of aromatic nitrogens is 5. The third kappa shape index (κ3) is 9.22. The van der Waals surface area contributed by atoms with Gasteiger partial charge in [-0.1, -0.05) is 6.07 Å². The van der Waals surface area contributed by atoms with Crippen LogP contribution in [0.25, 0.3) is 5.65 Å². The molecule has 7 heterocycles. The standard InChI is InChI=1S/C45H54F2N12O7/c1-54(37(61)6-3-16-48-32-5-2-4-30-38(32)45(65)59(44(30)64)34-11-12-36(60)52-43(34)63)28-13-17-55(18-14-28)25-27-7-9-29(10-8-27)58-26-33(39(53-58)40(46)47)50-42(62)31-24-49-57-19-15-35(51-41(31)57)56-20-22-66-23-21-56/h2,4-5,15,19,24,26-29,34,40,48H,3,6-14,16-18,20-23,25H2,1H3,(H,50,62)(H,52,60,63). The Balaban J connectivity index is 0.709. The molecule has 0 spiro atoms. The van der Waals surface area contributed by atoms with Crippen LogP contribution in [0.3, 0.4) is 0 Å². The molecule has 1 saturated carbocycles. The SMILES string of the molecule is CN(C(=O)CCCNc1cccc2c1C(=O)N(C1CCC(=O)NC1=O)C2=O)C1CCN(CC2CCC(n3cc(NC(=O)c4cnn5ccc(N6CCOCC6)nc45)c(C(F)F)n3)CC2)CC1. The summed E-state index contributed by atoms with van der Waals surface area (Å²) in [6, 6.07) is 5.72. The minimum Gasteiger partial charge on any atom is -0.384 e. The Bertz CT molecular complexity index is 2510. The number of ether oxygens (including phenoxy) is 1. The molecule has 19 nitrogen and oxygen atoms in total. The molecule has 4 aromatic rings. The van der Waals surface area contributed by atoms with Crippen molar-refractivity contribution in [2.45, 2.75) is 88.8 Å². The second kappa shape index (κ2) is 19.2. The summed E-state index contributed by atoms with van der Waals surface area (Å²) in [5.74, 6) is -1.69. The molecule has 21 heteroatoms.